The Balaban J connectivity index is 2.07. The molecule has 3 unspecified atom stereocenters. The molecule has 1 fully saturated rings. The number of nitrogens with one attached hydrogen (secondary N) is 1. The molecule has 23 heavy (non-hydrogen) atoms. The van der Waals surface area contributed by atoms with Crippen molar-refractivity contribution in [2.75, 3.05) is 5.32 Å². The molecule has 3 atom stereocenters. The van der Waals surface area contributed by atoms with Crippen LogP contribution >= 0.6 is 0 Å². The molecule has 3 heteroatoms. The summed E-state index contributed by atoms with van der Waals surface area (Å²) < 4.78 is 1.50. The van der Waals surface area contributed by atoms with E-state index in [1.54, 1.807) is 0 Å². The van der Waals surface area contributed by atoms with Gasteiger partial charge < -0.3 is 0 Å². The molecule has 0 saturated heterocycles. The van der Waals surface area contributed by atoms with Crippen LogP contribution in [0.15, 0.2) is 24.3 Å². The Bertz CT molecular complexity index is 530. The van der Waals surface area contributed by atoms with E-state index >= 15 is 0 Å². The third-order valence-electron chi connectivity index (χ3n) is 5.38. The molecule has 0 aromatic heterocycles. The van der Waals surface area contributed by atoms with Crippen LogP contribution in [0, 0.1) is 23.7 Å². The molecule has 1 saturated carbocycles. The molecule has 0 radical (unpaired) electrons. The number of rotatable bonds is 4. The van der Waals surface area contributed by atoms with Gasteiger partial charge in [0, 0.05) is 0 Å². The Kier molecular flexibility index (Phi) is 6.21. The molecule has 1 aromatic rings. The van der Waals surface area contributed by atoms with Crippen LogP contribution in [-0.4, -0.2) is 24.3 Å². The Labute approximate surface area is 146 Å². The number of amides is 1. The van der Waals surface area contributed by atoms with Gasteiger partial charge in [-0.25, -0.2) is 0 Å². The zero-order valence-electron chi connectivity index (χ0n) is 15.6. The van der Waals surface area contributed by atoms with Crippen LogP contribution < -0.4 is 8.90 Å². The van der Waals surface area contributed by atoms with Crippen LogP contribution in [0.4, 0.5) is 5.69 Å². The summed E-state index contributed by atoms with van der Waals surface area (Å²) in [7, 11) is 0. The SMILES string of the molecule is CC1CCC(C(C)C)C(C(=O)Nc2cc[c]([Sn]([CH3])([CH3])[CH3])cc2)C1. The summed E-state index contributed by atoms with van der Waals surface area (Å²) >= 11 is -2.00. The van der Waals surface area contributed by atoms with Gasteiger partial charge in [-0.15, -0.1) is 0 Å². The summed E-state index contributed by atoms with van der Waals surface area (Å²) in [5.41, 5.74) is 0.954. The van der Waals surface area contributed by atoms with E-state index in [-0.39, 0.29) is 11.8 Å². The molecule has 1 aliphatic carbocycles. The second-order valence-electron chi connectivity index (χ2n) is 8.75. The monoisotopic (exact) mass is 423 g/mol. The molecule has 2 rings (SSSR count). The van der Waals surface area contributed by atoms with E-state index in [0.717, 1.165) is 12.1 Å². The topological polar surface area (TPSA) is 29.1 Å². The quantitative estimate of drug-likeness (QED) is 0.689. The first kappa shape index (κ1) is 18.8. The summed E-state index contributed by atoms with van der Waals surface area (Å²) in [6.45, 7) is 6.79. The number of anilines is 1. The van der Waals surface area contributed by atoms with Crippen molar-refractivity contribution in [3.05, 3.63) is 24.3 Å². The second kappa shape index (κ2) is 7.58. The van der Waals surface area contributed by atoms with Crippen molar-refractivity contribution in [3.8, 4) is 0 Å². The van der Waals surface area contributed by atoms with E-state index in [4.69, 9.17) is 0 Å². The van der Waals surface area contributed by atoms with Crippen LogP contribution in [-0.2, 0) is 4.79 Å². The van der Waals surface area contributed by atoms with Gasteiger partial charge in [0.15, 0.2) is 0 Å². The van der Waals surface area contributed by atoms with Crippen molar-refractivity contribution in [2.24, 2.45) is 23.7 Å². The van der Waals surface area contributed by atoms with Gasteiger partial charge in [-0.2, -0.15) is 0 Å². The predicted molar refractivity (Wildman–Crippen MR) is 103 cm³/mol. The van der Waals surface area contributed by atoms with Crippen molar-refractivity contribution < 1.29 is 4.79 Å². The predicted octanol–water partition coefficient (Wildman–Crippen LogP) is 4.88. The summed E-state index contributed by atoms with van der Waals surface area (Å²) in [5.74, 6) is 2.16. The Morgan fingerprint density at radius 1 is 1.13 bits per heavy atom. The minimum atomic E-state index is -2.00. The Hall–Kier alpha value is -0.511. The van der Waals surface area contributed by atoms with Crippen molar-refractivity contribution >= 4 is 33.6 Å². The standard InChI is InChI=1S/C17H24NO.3CH3.Sn/c1-12(2)15-10-9-13(3)11-16(15)17(19)18-14-7-5-4-6-8-14;;;;/h5-8,12-13,15-16H,9-11H2,1-3H3,(H,18,19);3*1H3;. The van der Waals surface area contributed by atoms with E-state index in [0.29, 0.717) is 17.8 Å². The fourth-order valence-electron chi connectivity index (χ4n) is 3.79. The normalized spacial score (nSPS) is 25.4. The molecule has 1 amide bonds. The number of benzene rings is 1. The van der Waals surface area contributed by atoms with Crippen molar-refractivity contribution in [3.63, 3.8) is 0 Å². The zero-order chi connectivity index (χ0) is 17.2. The zero-order valence-corrected chi connectivity index (χ0v) is 18.5. The second-order valence-corrected chi connectivity index (χ2v) is 23.2. The first-order valence-corrected chi connectivity index (χ1v) is 19.1. The summed E-state index contributed by atoms with van der Waals surface area (Å²) in [6, 6.07) is 8.61. The van der Waals surface area contributed by atoms with E-state index < -0.39 is 18.4 Å². The van der Waals surface area contributed by atoms with Crippen LogP contribution in [0.25, 0.3) is 0 Å². The third-order valence-corrected chi connectivity index (χ3v) is 11.3. The van der Waals surface area contributed by atoms with Crippen molar-refractivity contribution in [2.45, 2.75) is 54.9 Å². The van der Waals surface area contributed by atoms with Crippen LogP contribution in [0.2, 0.25) is 14.8 Å². The summed E-state index contributed by atoms with van der Waals surface area (Å²) in [5, 5.41) is 3.18. The first-order chi connectivity index (χ1) is 10.7. The number of hydrogen-bond acceptors (Lipinski definition) is 1. The molecule has 1 N–H and O–H groups in total. The van der Waals surface area contributed by atoms with Crippen molar-refractivity contribution in [1.82, 2.24) is 0 Å². The van der Waals surface area contributed by atoms with Gasteiger partial charge in [-0.1, -0.05) is 0 Å². The fourth-order valence-corrected chi connectivity index (χ4v) is 7.12. The molecule has 1 aliphatic rings. The molecule has 1 aromatic carbocycles. The van der Waals surface area contributed by atoms with Gasteiger partial charge in [-0.3, -0.25) is 0 Å². The van der Waals surface area contributed by atoms with Gasteiger partial charge in [0.25, 0.3) is 0 Å². The van der Waals surface area contributed by atoms with E-state index in [1.165, 1.54) is 16.4 Å². The molecule has 128 valence electrons. The Morgan fingerprint density at radius 3 is 2.26 bits per heavy atom. The molecule has 0 aliphatic heterocycles. The average Bonchev–Trinajstić information content (AvgIpc) is 2.46. The van der Waals surface area contributed by atoms with E-state index in [1.807, 2.05) is 0 Å². The maximum absolute atomic E-state index is 12.8. The summed E-state index contributed by atoms with van der Waals surface area (Å²) in [4.78, 5) is 20.1. The number of carbonyl (C=O) groups excluding carboxylic acids is 1. The molecular formula is C20H33NOSn. The fraction of sp³-hybridized carbons (Fsp3) is 0.650. The molecule has 0 bridgehead atoms. The summed E-state index contributed by atoms with van der Waals surface area (Å²) in [6.07, 6.45) is 3.49. The van der Waals surface area contributed by atoms with Crippen LogP contribution in [0.1, 0.15) is 40.0 Å². The van der Waals surface area contributed by atoms with Gasteiger partial charge in [-0.05, 0) is 0 Å². The minimum absolute atomic E-state index is 0.167. The first-order valence-electron chi connectivity index (χ1n) is 9.10. The molecule has 0 spiro atoms. The van der Waals surface area contributed by atoms with E-state index in [9.17, 15) is 4.79 Å². The number of carbonyl (C=O) groups is 1. The molecule has 2 nitrogen and oxygen atoms in total. The van der Waals surface area contributed by atoms with Crippen molar-refractivity contribution in [1.29, 1.82) is 0 Å². The van der Waals surface area contributed by atoms with Gasteiger partial charge in [0.1, 0.15) is 0 Å². The maximum atomic E-state index is 12.8. The van der Waals surface area contributed by atoms with E-state index in [2.05, 4.69) is 65.2 Å². The molecular weight excluding hydrogens is 389 g/mol. The van der Waals surface area contributed by atoms with Crippen LogP contribution in [0.5, 0.6) is 0 Å². The third kappa shape index (κ3) is 4.98. The molecule has 0 heterocycles. The van der Waals surface area contributed by atoms with Gasteiger partial charge in [0.05, 0.1) is 0 Å². The van der Waals surface area contributed by atoms with Gasteiger partial charge >= 0.3 is 146 Å². The Morgan fingerprint density at radius 2 is 1.74 bits per heavy atom. The number of hydrogen-bond donors (Lipinski definition) is 1. The van der Waals surface area contributed by atoms with Crippen LogP contribution in [0.3, 0.4) is 0 Å². The average molecular weight is 422 g/mol. The van der Waals surface area contributed by atoms with Gasteiger partial charge in [0.2, 0.25) is 0 Å².